The van der Waals surface area contributed by atoms with Gasteiger partial charge >= 0.3 is 0 Å². The molecule has 1 N–H and O–H groups in total. The van der Waals surface area contributed by atoms with Crippen LogP contribution in [0.4, 0.5) is 0 Å². The summed E-state index contributed by atoms with van der Waals surface area (Å²) >= 11 is 24.5. The van der Waals surface area contributed by atoms with E-state index in [9.17, 15) is 0 Å². The van der Waals surface area contributed by atoms with E-state index in [0.29, 0.717) is 8.67 Å². The van der Waals surface area contributed by atoms with Gasteiger partial charge in [-0.3, -0.25) is 0 Å². The maximum absolute atomic E-state index is 6.17. The zero-order valence-electron chi connectivity index (χ0n) is 8.56. The van der Waals surface area contributed by atoms with Crippen molar-refractivity contribution in [2.75, 3.05) is 7.05 Å². The average molecular weight is 392 g/mol. The van der Waals surface area contributed by atoms with Crippen molar-refractivity contribution in [2.45, 2.75) is 6.04 Å². The lowest BCUT2D eigenvalue weighted by Crippen LogP contribution is -2.15. The summed E-state index contributed by atoms with van der Waals surface area (Å²) in [7, 11) is 1.88. The van der Waals surface area contributed by atoms with E-state index in [2.05, 4.69) is 21.2 Å². The van der Waals surface area contributed by atoms with Gasteiger partial charge in [-0.2, -0.15) is 0 Å². The van der Waals surface area contributed by atoms with Crippen molar-refractivity contribution in [1.29, 1.82) is 0 Å². The van der Waals surface area contributed by atoms with E-state index < -0.39 is 0 Å². The molecule has 0 aliphatic carbocycles. The number of nitrogens with one attached hydrogen (secondary N) is 1. The van der Waals surface area contributed by atoms with Crippen LogP contribution in [0.2, 0.25) is 13.0 Å². The van der Waals surface area contributed by atoms with Crippen molar-refractivity contribution >= 4 is 73.4 Å². The molecule has 0 spiro atoms. The maximum Gasteiger partial charge on any atom is 0.107 e. The monoisotopic (exact) mass is 389 g/mol. The van der Waals surface area contributed by atoms with Crippen LogP contribution in [-0.2, 0) is 0 Å². The molecule has 92 valence electrons. The molecule has 0 amide bonds. The molecule has 2 rings (SSSR count). The molecule has 2 aromatic heterocycles. The van der Waals surface area contributed by atoms with Crippen molar-refractivity contribution in [1.82, 2.24) is 5.32 Å². The van der Waals surface area contributed by atoms with Gasteiger partial charge in [0, 0.05) is 14.9 Å². The van der Waals surface area contributed by atoms with Crippen LogP contribution in [-0.4, -0.2) is 7.05 Å². The Kier molecular flexibility index (Phi) is 4.80. The summed E-state index contributed by atoms with van der Waals surface area (Å²) in [5.41, 5.74) is 0.981. The van der Waals surface area contributed by atoms with Crippen LogP contribution in [0.5, 0.6) is 0 Å². The molecule has 2 aromatic rings. The van der Waals surface area contributed by atoms with Gasteiger partial charge < -0.3 is 5.32 Å². The van der Waals surface area contributed by atoms with Gasteiger partial charge in [-0.25, -0.2) is 0 Å². The van der Waals surface area contributed by atoms with Gasteiger partial charge in [0.25, 0.3) is 0 Å². The number of halogens is 4. The van der Waals surface area contributed by atoms with Crippen LogP contribution in [0.15, 0.2) is 16.6 Å². The molecule has 1 nitrogen and oxygen atoms in total. The minimum atomic E-state index is 0.0139. The Morgan fingerprint density at radius 2 is 1.88 bits per heavy atom. The summed E-state index contributed by atoms with van der Waals surface area (Å²) in [6, 6.07) is 3.90. The SMILES string of the molecule is CNC(c1cc(Br)c(Cl)s1)c1cc(Cl)sc1Cl. The molecular weight excluding hydrogens is 385 g/mol. The Balaban J connectivity index is 2.43. The van der Waals surface area contributed by atoms with Crippen LogP contribution in [0.3, 0.4) is 0 Å². The molecule has 0 aromatic carbocycles. The highest BCUT2D eigenvalue weighted by Crippen LogP contribution is 2.42. The van der Waals surface area contributed by atoms with Crippen molar-refractivity contribution in [3.8, 4) is 0 Å². The minimum absolute atomic E-state index is 0.0139. The molecular formula is C10H7BrCl3NS2. The predicted molar refractivity (Wildman–Crippen MR) is 82.3 cm³/mol. The summed E-state index contributed by atoms with van der Waals surface area (Å²) in [6.45, 7) is 0. The molecule has 17 heavy (non-hydrogen) atoms. The molecule has 0 radical (unpaired) electrons. The quantitative estimate of drug-likeness (QED) is 0.693. The van der Waals surface area contributed by atoms with Gasteiger partial charge in [0.15, 0.2) is 0 Å². The lowest BCUT2D eigenvalue weighted by atomic mass is 10.1. The highest BCUT2D eigenvalue weighted by Gasteiger charge is 2.20. The molecule has 0 fully saturated rings. The third-order valence-corrected chi connectivity index (χ3v) is 6.29. The Hall–Kier alpha value is 0.710. The Bertz CT molecular complexity index is 518. The van der Waals surface area contributed by atoms with E-state index in [-0.39, 0.29) is 6.04 Å². The van der Waals surface area contributed by atoms with Gasteiger partial charge in [-0.05, 0) is 35.1 Å². The largest absolute Gasteiger partial charge is 0.309 e. The fourth-order valence-corrected chi connectivity index (χ4v) is 4.90. The molecule has 1 unspecified atom stereocenters. The molecule has 2 heterocycles. The lowest BCUT2D eigenvalue weighted by molar-refractivity contribution is 0.706. The highest BCUT2D eigenvalue weighted by atomic mass is 79.9. The first-order chi connectivity index (χ1) is 8.02. The second kappa shape index (κ2) is 5.78. The smallest absolute Gasteiger partial charge is 0.107 e. The minimum Gasteiger partial charge on any atom is -0.309 e. The van der Waals surface area contributed by atoms with Crippen molar-refractivity contribution < 1.29 is 0 Å². The van der Waals surface area contributed by atoms with Gasteiger partial charge in [-0.15, -0.1) is 22.7 Å². The van der Waals surface area contributed by atoms with Gasteiger partial charge in [0.05, 0.1) is 14.7 Å². The van der Waals surface area contributed by atoms with Crippen molar-refractivity contribution in [2.24, 2.45) is 0 Å². The molecule has 0 aliphatic rings. The topological polar surface area (TPSA) is 12.0 Å². The van der Waals surface area contributed by atoms with E-state index in [4.69, 9.17) is 34.8 Å². The Morgan fingerprint density at radius 3 is 2.29 bits per heavy atom. The predicted octanol–water partition coefficient (Wildman–Crippen LogP) is 5.84. The lowest BCUT2D eigenvalue weighted by Gasteiger charge is -2.13. The summed E-state index contributed by atoms with van der Waals surface area (Å²) in [4.78, 5) is 1.10. The summed E-state index contributed by atoms with van der Waals surface area (Å²) < 4.78 is 3.02. The first kappa shape index (κ1) is 14.1. The van der Waals surface area contributed by atoms with Crippen LogP contribution in [0.1, 0.15) is 16.5 Å². The number of hydrogen-bond donors (Lipinski definition) is 1. The van der Waals surface area contributed by atoms with Gasteiger partial charge in [-0.1, -0.05) is 34.8 Å². The Morgan fingerprint density at radius 1 is 1.18 bits per heavy atom. The summed E-state index contributed by atoms with van der Waals surface area (Å²) in [5.74, 6) is 0. The van der Waals surface area contributed by atoms with E-state index in [0.717, 1.165) is 19.2 Å². The maximum atomic E-state index is 6.17. The normalized spacial score (nSPS) is 13.0. The third-order valence-electron chi connectivity index (χ3n) is 2.23. The van der Waals surface area contributed by atoms with Crippen LogP contribution < -0.4 is 5.32 Å². The van der Waals surface area contributed by atoms with E-state index >= 15 is 0 Å². The molecule has 7 heteroatoms. The van der Waals surface area contributed by atoms with Gasteiger partial charge in [0.2, 0.25) is 0 Å². The zero-order valence-corrected chi connectivity index (χ0v) is 14.0. The average Bonchev–Trinajstić information content (AvgIpc) is 2.74. The second-order valence-electron chi connectivity index (χ2n) is 3.27. The number of rotatable bonds is 3. The summed E-state index contributed by atoms with van der Waals surface area (Å²) in [6.07, 6.45) is 0. The summed E-state index contributed by atoms with van der Waals surface area (Å²) in [5, 5.41) is 3.22. The Labute approximate surface area is 131 Å². The van der Waals surface area contributed by atoms with Crippen LogP contribution in [0, 0.1) is 0 Å². The highest BCUT2D eigenvalue weighted by molar-refractivity contribution is 9.10. The van der Waals surface area contributed by atoms with Crippen molar-refractivity contribution in [3.05, 3.63) is 40.1 Å². The number of hydrogen-bond acceptors (Lipinski definition) is 3. The standard InChI is InChI=1S/C10H7BrCl3NS2/c1-15-8(4-2-7(12)17-9(4)13)6-3-5(11)10(14)16-6/h2-3,8,15H,1H3. The third kappa shape index (κ3) is 3.00. The number of thiophene rings is 2. The first-order valence-electron chi connectivity index (χ1n) is 4.59. The zero-order chi connectivity index (χ0) is 12.6. The molecule has 0 bridgehead atoms. The van der Waals surface area contributed by atoms with Crippen LogP contribution >= 0.6 is 73.4 Å². The fraction of sp³-hybridized carbons (Fsp3) is 0.200. The molecule has 0 saturated heterocycles. The second-order valence-corrected chi connectivity index (χ2v) is 8.10. The fourth-order valence-electron chi connectivity index (χ4n) is 1.51. The van der Waals surface area contributed by atoms with E-state index in [1.165, 1.54) is 22.7 Å². The van der Waals surface area contributed by atoms with E-state index in [1.807, 2.05) is 19.2 Å². The molecule has 0 aliphatic heterocycles. The molecule has 1 atom stereocenters. The van der Waals surface area contributed by atoms with Crippen LogP contribution in [0.25, 0.3) is 0 Å². The first-order valence-corrected chi connectivity index (χ1v) is 8.15. The molecule has 0 saturated carbocycles. The van der Waals surface area contributed by atoms with E-state index in [1.54, 1.807) is 0 Å². The van der Waals surface area contributed by atoms with Crippen molar-refractivity contribution in [3.63, 3.8) is 0 Å². The van der Waals surface area contributed by atoms with Gasteiger partial charge in [0.1, 0.15) is 4.34 Å².